The first kappa shape index (κ1) is 16.9. The van der Waals surface area contributed by atoms with Gasteiger partial charge in [0.1, 0.15) is 5.69 Å². The summed E-state index contributed by atoms with van der Waals surface area (Å²) in [7, 11) is 0. The number of benzene rings is 1. The molecule has 0 radical (unpaired) electrons. The highest BCUT2D eigenvalue weighted by molar-refractivity contribution is 7.10. The van der Waals surface area contributed by atoms with Gasteiger partial charge in [-0.15, -0.1) is 11.3 Å². The molecule has 1 atom stereocenters. The second kappa shape index (κ2) is 6.73. The Bertz CT molecular complexity index is 1120. The lowest BCUT2D eigenvalue weighted by Gasteiger charge is -2.25. The van der Waals surface area contributed by atoms with E-state index in [1.54, 1.807) is 23.7 Å². The zero-order valence-electron chi connectivity index (χ0n) is 15.3. The summed E-state index contributed by atoms with van der Waals surface area (Å²) in [5, 5.41) is 9.57. The monoisotopic (exact) mass is 386 g/mol. The van der Waals surface area contributed by atoms with E-state index in [2.05, 4.69) is 52.4 Å². The molecule has 1 aromatic carbocycles. The van der Waals surface area contributed by atoms with Gasteiger partial charge >= 0.3 is 0 Å². The summed E-state index contributed by atoms with van der Waals surface area (Å²) in [5.74, 6) is -0.0175. The van der Waals surface area contributed by atoms with Crippen LogP contribution in [0.5, 0.6) is 0 Å². The fraction of sp³-hybridized carbons (Fsp3) is 0.136. The first-order valence-corrected chi connectivity index (χ1v) is 9.99. The normalized spacial score (nSPS) is 15.8. The number of amides is 1. The van der Waals surface area contributed by atoms with Crippen LogP contribution in [-0.2, 0) is 6.54 Å². The molecule has 6 heteroatoms. The molecule has 0 bridgehead atoms. The van der Waals surface area contributed by atoms with Crippen molar-refractivity contribution in [2.75, 3.05) is 0 Å². The lowest BCUT2D eigenvalue weighted by molar-refractivity contribution is 0.0732. The zero-order chi connectivity index (χ0) is 19.1. The number of aromatic nitrogens is 3. The molecule has 4 aromatic rings. The third-order valence-corrected chi connectivity index (χ3v) is 6.03. The lowest BCUT2D eigenvalue weighted by atomic mass is 10.00. The highest BCUT2D eigenvalue weighted by atomic mass is 32.1. The van der Waals surface area contributed by atoms with Gasteiger partial charge in [-0.2, -0.15) is 5.10 Å². The Morgan fingerprint density at radius 2 is 1.89 bits per heavy atom. The molecule has 5 rings (SSSR count). The van der Waals surface area contributed by atoms with E-state index in [4.69, 9.17) is 0 Å². The predicted molar refractivity (Wildman–Crippen MR) is 109 cm³/mol. The van der Waals surface area contributed by atoms with Crippen LogP contribution in [0, 0.1) is 6.92 Å². The lowest BCUT2D eigenvalue weighted by Crippen LogP contribution is -2.28. The minimum Gasteiger partial charge on any atom is -0.321 e. The Labute approximate surface area is 166 Å². The maximum atomic E-state index is 13.2. The van der Waals surface area contributed by atoms with Crippen LogP contribution in [-0.4, -0.2) is 26.0 Å². The second-order valence-electron chi connectivity index (χ2n) is 6.93. The van der Waals surface area contributed by atoms with Crippen molar-refractivity contribution in [3.05, 3.63) is 93.6 Å². The van der Waals surface area contributed by atoms with E-state index in [1.807, 2.05) is 28.5 Å². The van der Waals surface area contributed by atoms with Gasteiger partial charge in [-0.25, -0.2) is 0 Å². The number of rotatable bonds is 4. The van der Waals surface area contributed by atoms with Crippen molar-refractivity contribution < 1.29 is 4.79 Å². The average Bonchev–Trinajstić information content (AvgIpc) is 3.43. The van der Waals surface area contributed by atoms with Crippen LogP contribution in [0.15, 0.2) is 66.3 Å². The minimum atomic E-state index is -0.147. The molecular weight excluding hydrogens is 368 g/mol. The number of nitrogens with zero attached hydrogens (tertiary/aromatic N) is 3. The Morgan fingerprint density at radius 1 is 1.11 bits per heavy atom. The molecule has 0 fully saturated rings. The van der Waals surface area contributed by atoms with Gasteiger partial charge in [-0.05, 0) is 36.1 Å². The molecule has 1 unspecified atom stereocenters. The Balaban J connectivity index is 1.63. The number of hydrogen-bond acceptors (Lipinski definition) is 4. The van der Waals surface area contributed by atoms with Crippen LogP contribution < -0.4 is 0 Å². The molecule has 138 valence electrons. The molecule has 0 saturated carbocycles. The third-order valence-electron chi connectivity index (χ3n) is 5.10. The molecule has 1 N–H and O–H groups in total. The van der Waals surface area contributed by atoms with Gasteiger partial charge in [0.05, 0.1) is 11.7 Å². The molecule has 1 amide bonds. The predicted octanol–water partition coefficient (Wildman–Crippen LogP) is 4.59. The van der Waals surface area contributed by atoms with E-state index in [0.717, 1.165) is 27.3 Å². The van der Waals surface area contributed by atoms with Crippen LogP contribution in [0.25, 0.3) is 11.3 Å². The maximum Gasteiger partial charge on any atom is 0.273 e. The number of fused-ring (bicyclic) bond motifs is 1. The van der Waals surface area contributed by atoms with E-state index in [1.165, 1.54) is 5.56 Å². The molecule has 0 spiro atoms. The number of carbonyl (C=O) groups excluding carboxylic acids is 1. The average molecular weight is 386 g/mol. The first-order valence-electron chi connectivity index (χ1n) is 9.11. The summed E-state index contributed by atoms with van der Waals surface area (Å²) in [6.07, 6.45) is 3.52. The molecule has 5 nitrogen and oxygen atoms in total. The molecule has 1 aliphatic heterocycles. The summed E-state index contributed by atoms with van der Waals surface area (Å²) in [4.78, 5) is 20.4. The van der Waals surface area contributed by atoms with Crippen molar-refractivity contribution in [1.82, 2.24) is 20.1 Å². The van der Waals surface area contributed by atoms with Crippen molar-refractivity contribution in [2.45, 2.75) is 19.5 Å². The Hall–Kier alpha value is -3.25. The largest absolute Gasteiger partial charge is 0.321 e. The number of pyridine rings is 1. The van der Waals surface area contributed by atoms with Crippen molar-refractivity contribution in [2.24, 2.45) is 0 Å². The quantitative estimate of drug-likeness (QED) is 0.558. The van der Waals surface area contributed by atoms with Crippen LogP contribution in [0.1, 0.15) is 38.1 Å². The van der Waals surface area contributed by atoms with Crippen molar-refractivity contribution in [1.29, 1.82) is 0 Å². The standard InChI is InChI=1S/C22H18N4OS/c1-14-4-6-16(7-5-14)19-18-20(25-24-19)22(27)26(13-15-8-10-23-11-9-15)21(18)17-3-2-12-28-17/h2-12,21H,13H2,1H3,(H,24,25). The van der Waals surface area contributed by atoms with E-state index >= 15 is 0 Å². The zero-order valence-corrected chi connectivity index (χ0v) is 16.1. The fourth-order valence-electron chi connectivity index (χ4n) is 3.72. The topological polar surface area (TPSA) is 61.9 Å². The number of aromatic amines is 1. The van der Waals surface area contributed by atoms with E-state index in [0.29, 0.717) is 12.2 Å². The molecule has 4 heterocycles. The number of thiophene rings is 1. The van der Waals surface area contributed by atoms with Crippen molar-refractivity contribution in [3.63, 3.8) is 0 Å². The summed E-state index contributed by atoms with van der Waals surface area (Å²) in [6, 6.07) is 16.1. The number of carbonyl (C=O) groups is 1. The van der Waals surface area contributed by atoms with E-state index in [9.17, 15) is 4.79 Å². The number of H-pyrrole nitrogens is 1. The van der Waals surface area contributed by atoms with Gasteiger partial charge < -0.3 is 4.90 Å². The molecular formula is C22H18N4OS. The highest BCUT2D eigenvalue weighted by Gasteiger charge is 2.42. The van der Waals surface area contributed by atoms with Crippen LogP contribution in [0.2, 0.25) is 0 Å². The molecule has 0 saturated heterocycles. The smallest absolute Gasteiger partial charge is 0.273 e. The van der Waals surface area contributed by atoms with Gasteiger partial charge in [-0.1, -0.05) is 35.9 Å². The summed E-state index contributed by atoms with van der Waals surface area (Å²) in [6.45, 7) is 2.59. The van der Waals surface area contributed by atoms with Crippen molar-refractivity contribution in [3.8, 4) is 11.3 Å². The fourth-order valence-corrected chi connectivity index (χ4v) is 4.56. The Kier molecular flexibility index (Phi) is 4.06. The highest BCUT2D eigenvalue weighted by Crippen LogP contribution is 2.44. The molecule has 3 aromatic heterocycles. The third kappa shape index (κ3) is 2.73. The molecule has 28 heavy (non-hydrogen) atoms. The number of nitrogens with one attached hydrogen (secondary N) is 1. The van der Waals surface area contributed by atoms with Gasteiger partial charge in [0.25, 0.3) is 5.91 Å². The maximum absolute atomic E-state index is 13.2. The van der Waals surface area contributed by atoms with Crippen LogP contribution in [0.4, 0.5) is 0 Å². The van der Waals surface area contributed by atoms with Gasteiger partial charge in [-0.3, -0.25) is 14.9 Å². The van der Waals surface area contributed by atoms with Crippen LogP contribution >= 0.6 is 11.3 Å². The summed E-state index contributed by atoms with van der Waals surface area (Å²) in [5.41, 5.74) is 5.66. The number of aryl methyl sites for hydroxylation is 1. The second-order valence-corrected chi connectivity index (χ2v) is 7.91. The molecule has 1 aliphatic rings. The summed E-state index contributed by atoms with van der Waals surface area (Å²) >= 11 is 1.66. The first-order chi connectivity index (χ1) is 13.7. The van der Waals surface area contributed by atoms with Gasteiger partial charge in [0, 0.05) is 34.9 Å². The van der Waals surface area contributed by atoms with Gasteiger partial charge in [0.15, 0.2) is 0 Å². The molecule has 0 aliphatic carbocycles. The van der Waals surface area contributed by atoms with E-state index in [-0.39, 0.29) is 11.9 Å². The SMILES string of the molecule is Cc1ccc(-c2n[nH]c3c2C(c2cccs2)N(Cc2ccncc2)C3=O)cc1. The van der Waals surface area contributed by atoms with E-state index < -0.39 is 0 Å². The van der Waals surface area contributed by atoms with Gasteiger partial charge in [0.2, 0.25) is 0 Å². The Morgan fingerprint density at radius 3 is 2.61 bits per heavy atom. The van der Waals surface area contributed by atoms with Crippen molar-refractivity contribution >= 4 is 17.2 Å². The number of hydrogen-bond donors (Lipinski definition) is 1. The minimum absolute atomic E-state index is 0.0175. The van der Waals surface area contributed by atoms with Crippen LogP contribution in [0.3, 0.4) is 0 Å². The summed E-state index contributed by atoms with van der Waals surface area (Å²) < 4.78 is 0.